The van der Waals surface area contributed by atoms with Crippen LogP contribution in [0.3, 0.4) is 0 Å². The van der Waals surface area contributed by atoms with Crippen molar-refractivity contribution in [1.82, 2.24) is 14.9 Å². The van der Waals surface area contributed by atoms with Crippen LogP contribution in [0.5, 0.6) is 0 Å². The standard InChI is InChI=1S/C22H25FN4O6S/c1-15-6-7-17(27(30)31)14-20(15)34(32,33)26-12-8-16(9-13-26)21(28)24-10-11-25-22(29)18-4-2-3-5-19(18)23/h2-7,14,16H,8-13H2,1H3,(H,24,28)(H,25,29). The maximum atomic E-state index is 13.6. The van der Waals surface area contributed by atoms with Crippen LogP contribution in [-0.4, -0.2) is 55.6 Å². The minimum Gasteiger partial charge on any atom is -0.354 e. The number of benzene rings is 2. The topological polar surface area (TPSA) is 139 Å². The minimum absolute atomic E-state index is 0.0820. The zero-order valence-electron chi connectivity index (χ0n) is 18.5. The first kappa shape index (κ1) is 25.2. The number of rotatable bonds is 8. The van der Waals surface area contributed by atoms with Crippen molar-refractivity contribution in [3.05, 3.63) is 69.5 Å². The van der Waals surface area contributed by atoms with Gasteiger partial charge in [0, 0.05) is 44.2 Å². The van der Waals surface area contributed by atoms with Gasteiger partial charge in [-0.25, -0.2) is 12.8 Å². The smallest absolute Gasteiger partial charge is 0.270 e. The number of hydrogen-bond donors (Lipinski definition) is 2. The van der Waals surface area contributed by atoms with E-state index in [0.29, 0.717) is 18.4 Å². The SMILES string of the molecule is Cc1ccc([N+](=O)[O-])cc1S(=O)(=O)N1CCC(C(=O)NCCNC(=O)c2ccccc2F)CC1. The summed E-state index contributed by atoms with van der Waals surface area (Å²) in [6, 6.07) is 9.28. The molecule has 0 aromatic heterocycles. The lowest BCUT2D eigenvalue weighted by Gasteiger charge is -2.30. The Morgan fingerprint density at radius 2 is 1.76 bits per heavy atom. The fraction of sp³-hybridized carbons (Fsp3) is 0.364. The number of piperidine rings is 1. The van der Waals surface area contributed by atoms with Crippen molar-refractivity contribution < 1.29 is 27.3 Å². The van der Waals surface area contributed by atoms with Crippen molar-refractivity contribution in [2.24, 2.45) is 5.92 Å². The number of nitro benzene ring substituents is 1. The van der Waals surface area contributed by atoms with Crippen molar-refractivity contribution in [2.45, 2.75) is 24.7 Å². The number of nitro groups is 1. The van der Waals surface area contributed by atoms with E-state index in [4.69, 9.17) is 0 Å². The molecule has 1 aliphatic heterocycles. The second-order valence-corrected chi connectivity index (χ2v) is 9.82. The molecule has 2 aromatic carbocycles. The van der Waals surface area contributed by atoms with Crippen molar-refractivity contribution in [3.8, 4) is 0 Å². The molecule has 2 aromatic rings. The average Bonchev–Trinajstić information content (AvgIpc) is 2.82. The van der Waals surface area contributed by atoms with Gasteiger partial charge >= 0.3 is 0 Å². The van der Waals surface area contributed by atoms with Crippen molar-refractivity contribution in [1.29, 1.82) is 0 Å². The van der Waals surface area contributed by atoms with Gasteiger partial charge in [-0.2, -0.15) is 4.31 Å². The van der Waals surface area contributed by atoms with Crippen LogP contribution in [0.15, 0.2) is 47.4 Å². The van der Waals surface area contributed by atoms with Gasteiger partial charge in [-0.15, -0.1) is 0 Å². The van der Waals surface area contributed by atoms with Gasteiger partial charge in [0.05, 0.1) is 15.4 Å². The Bertz CT molecular complexity index is 1200. The first-order valence-corrected chi connectivity index (χ1v) is 12.1. The Labute approximate surface area is 196 Å². The van der Waals surface area contributed by atoms with Gasteiger partial charge in [0.15, 0.2) is 0 Å². The zero-order valence-corrected chi connectivity index (χ0v) is 19.3. The van der Waals surface area contributed by atoms with E-state index in [1.807, 2.05) is 0 Å². The molecule has 0 radical (unpaired) electrons. The molecule has 2 N–H and O–H groups in total. The summed E-state index contributed by atoms with van der Waals surface area (Å²) >= 11 is 0. The van der Waals surface area contributed by atoms with Gasteiger partial charge < -0.3 is 10.6 Å². The summed E-state index contributed by atoms with van der Waals surface area (Å²) in [6.07, 6.45) is 0.585. The lowest BCUT2D eigenvalue weighted by molar-refractivity contribution is -0.385. The van der Waals surface area contributed by atoms with Gasteiger partial charge in [0.2, 0.25) is 15.9 Å². The quantitative estimate of drug-likeness (QED) is 0.328. The fourth-order valence-electron chi connectivity index (χ4n) is 3.72. The molecule has 0 spiro atoms. The molecule has 1 fully saturated rings. The van der Waals surface area contributed by atoms with Gasteiger partial charge in [-0.1, -0.05) is 18.2 Å². The highest BCUT2D eigenvalue weighted by Crippen LogP contribution is 2.28. The van der Waals surface area contributed by atoms with Crippen LogP contribution in [0.25, 0.3) is 0 Å². The number of halogens is 1. The van der Waals surface area contributed by atoms with Crippen LogP contribution in [0.4, 0.5) is 10.1 Å². The predicted octanol–water partition coefficient (Wildman–Crippen LogP) is 1.99. The van der Waals surface area contributed by atoms with E-state index >= 15 is 0 Å². The third kappa shape index (κ3) is 5.75. The first-order chi connectivity index (χ1) is 16.1. The van der Waals surface area contributed by atoms with Gasteiger partial charge in [0.1, 0.15) is 5.82 Å². The molecule has 3 rings (SSSR count). The highest BCUT2D eigenvalue weighted by atomic mass is 32.2. The van der Waals surface area contributed by atoms with Crippen molar-refractivity contribution in [3.63, 3.8) is 0 Å². The van der Waals surface area contributed by atoms with E-state index in [9.17, 15) is 32.5 Å². The van der Waals surface area contributed by atoms with Crippen LogP contribution in [0, 0.1) is 28.8 Å². The Balaban J connectivity index is 1.49. The van der Waals surface area contributed by atoms with Gasteiger partial charge in [-0.05, 0) is 37.5 Å². The number of non-ortho nitro benzene ring substituents is 1. The van der Waals surface area contributed by atoms with E-state index < -0.39 is 32.6 Å². The number of nitrogens with zero attached hydrogens (tertiary/aromatic N) is 2. The average molecular weight is 493 g/mol. The summed E-state index contributed by atoms with van der Waals surface area (Å²) in [5, 5.41) is 16.3. The first-order valence-electron chi connectivity index (χ1n) is 10.7. The monoisotopic (exact) mass is 492 g/mol. The molecule has 0 saturated carbocycles. The number of aryl methyl sites for hydroxylation is 1. The van der Waals surface area contributed by atoms with Crippen LogP contribution < -0.4 is 10.6 Å². The summed E-state index contributed by atoms with van der Waals surface area (Å²) in [7, 11) is -3.94. The zero-order chi connectivity index (χ0) is 24.9. The molecule has 0 aliphatic carbocycles. The number of nitrogens with one attached hydrogen (secondary N) is 2. The molecule has 0 bridgehead atoms. The number of carbonyl (C=O) groups is 2. The molecule has 1 heterocycles. The molecule has 10 nitrogen and oxygen atoms in total. The normalized spacial score (nSPS) is 15.0. The van der Waals surface area contributed by atoms with Crippen molar-refractivity contribution in [2.75, 3.05) is 26.2 Å². The molecular weight excluding hydrogens is 467 g/mol. The summed E-state index contributed by atoms with van der Waals surface area (Å²) < 4.78 is 40.9. The molecule has 0 unspecified atom stereocenters. The highest BCUT2D eigenvalue weighted by molar-refractivity contribution is 7.89. The van der Waals surface area contributed by atoms with Crippen molar-refractivity contribution >= 4 is 27.5 Å². The van der Waals surface area contributed by atoms with Crippen LogP contribution in [0.2, 0.25) is 0 Å². The minimum atomic E-state index is -3.94. The Hall–Kier alpha value is -3.38. The molecule has 0 atom stereocenters. The Morgan fingerprint density at radius 1 is 1.12 bits per heavy atom. The number of sulfonamides is 1. The van der Waals surface area contributed by atoms with Crippen LogP contribution in [0.1, 0.15) is 28.8 Å². The van der Waals surface area contributed by atoms with E-state index in [0.717, 1.165) is 6.07 Å². The van der Waals surface area contributed by atoms with E-state index in [1.54, 1.807) is 13.0 Å². The third-order valence-electron chi connectivity index (χ3n) is 5.65. The van der Waals surface area contributed by atoms with Gasteiger partial charge in [-0.3, -0.25) is 19.7 Å². The number of hydrogen-bond acceptors (Lipinski definition) is 6. The Kier molecular flexibility index (Phi) is 7.94. The summed E-state index contributed by atoms with van der Waals surface area (Å²) in [5.41, 5.74) is 0.0184. The predicted molar refractivity (Wildman–Crippen MR) is 121 cm³/mol. The second-order valence-electron chi connectivity index (χ2n) is 7.91. The number of carbonyl (C=O) groups excluding carboxylic acids is 2. The van der Waals surface area contributed by atoms with Crippen LogP contribution in [-0.2, 0) is 14.8 Å². The Morgan fingerprint density at radius 3 is 2.41 bits per heavy atom. The van der Waals surface area contributed by atoms with E-state index in [-0.39, 0.29) is 48.2 Å². The largest absolute Gasteiger partial charge is 0.354 e. The lowest BCUT2D eigenvalue weighted by Crippen LogP contribution is -2.44. The summed E-state index contributed by atoms with van der Waals surface area (Å²) in [5.74, 6) is -1.88. The number of amides is 2. The highest BCUT2D eigenvalue weighted by Gasteiger charge is 2.33. The maximum Gasteiger partial charge on any atom is 0.270 e. The molecule has 1 aliphatic rings. The van der Waals surface area contributed by atoms with E-state index in [1.165, 1.54) is 34.6 Å². The second kappa shape index (κ2) is 10.7. The summed E-state index contributed by atoms with van der Waals surface area (Å²) in [4.78, 5) is 34.7. The van der Waals surface area contributed by atoms with Crippen LogP contribution >= 0.6 is 0 Å². The molecule has 34 heavy (non-hydrogen) atoms. The molecule has 182 valence electrons. The van der Waals surface area contributed by atoms with E-state index in [2.05, 4.69) is 10.6 Å². The van der Waals surface area contributed by atoms with Gasteiger partial charge in [0.25, 0.3) is 11.6 Å². The summed E-state index contributed by atoms with van der Waals surface area (Å²) in [6.45, 7) is 2.03. The molecule has 1 saturated heterocycles. The fourth-order valence-corrected chi connectivity index (χ4v) is 5.44. The molecular formula is C22H25FN4O6S. The molecule has 2 amide bonds. The maximum absolute atomic E-state index is 13.6. The lowest BCUT2D eigenvalue weighted by atomic mass is 9.97. The molecule has 12 heteroatoms. The third-order valence-corrected chi connectivity index (χ3v) is 7.69.